The van der Waals surface area contributed by atoms with Gasteiger partial charge in [0, 0.05) is 0 Å². The summed E-state index contributed by atoms with van der Waals surface area (Å²) in [4.78, 5) is 13.4. The van der Waals surface area contributed by atoms with E-state index in [0.29, 0.717) is 30.1 Å². The summed E-state index contributed by atoms with van der Waals surface area (Å²) in [6.07, 6.45) is 11.0. The van der Waals surface area contributed by atoms with Gasteiger partial charge in [0.15, 0.2) is 0 Å². The van der Waals surface area contributed by atoms with Crippen LogP contribution in [0.2, 0.25) is 0 Å². The van der Waals surface area contributed by atoms with Crippen LogP contribution in [0.15, 0.2) is 11.6 Å². The smallest absolute Gasteiger partial charge is 0.333 e. The zero-order chi connectivity index (χ0) is 28.1. The summed E-state index contributed by atoms with van der Waals surface area (Å²) >= 11 is 0. The first kappa shape index (κ1) is 28.6. The van der Waals surface area contributed by atoms with Crippen molar-refractivity contribution in [1.29, 1.82) is 0 Å². The van der Waals surface area contributed by atoms with E-state index in [9.17, 15) is 13.2 Å². The predicted octanol–water partition coefficient (Wildman–Crippen LogP) is 6.41. The Labute approximate surface area is 231 Å². The summed E-state index contributed by atoms with van der Waals surface area (Å²) < 4.78 is 34.7. The van der Waals surface area contributed by atoms with E-state index in [1.165, 1.54) is 0 Å². The number of fused-ring (bicyclic) bond motifs is 7. The molecule has 216 valence electrons. The number of hydrogen-bond donors (Lipinski definition) is 1. The average Bonchev–Trinajstić information content (AvgIpc) is 2.82. The largest absolute Gasteiger partial charge is 0.469 e. The molecule has 0 spiro atoms. The fourth-order valence-electron chi connectivity index (χ4n) is 11.4. The van der Waals surface area contributed by atoms with Gasteiger partial charge in [-0.2, -0.15) is 8.42 Å². The number of carbonyl (C=O) groups is 1. The first-order valence-electron chi connectivity index (χ1n) is 15.0. The van der Waals surface area contributed by atoms with E-state index in [-0.39, 0.29) is 45.1 Å². The molecular formula is C31H51NO5S. The molecule has 0 radical (unpaired) electrons. The summed E-state index contributed by atoms with van der Waals surface area (Å²) in [5.41, 5.74) is 1.11. The lowest BCUT2D eigenvalue weighted by molar-refractivity contribution is -0.203. The minimum atomic E-state index is -4.00. The summed E-state index contributed by atoms with van der Waals surface area (Å²) in [7, 11) is -2.43. The number of hydrogen-bond acceptors (Lipinski definition) is 5. The molecule has 7 heteroatoms. The van der Waals surface area contributed by atoms with Crippen molar-refractivity contribution in [2.75, 3.05) is 7.11 Å². The third-order valence-electron chi connectivity index (χ3n) is 13.8. The lowest BCUT2D eigenvalue weighted by Gasteiger charge is -2.71. The lowest BCUT2D eigenvalue weighted by atomic mass is 9.33. The molecule has 0 aliphatic heterocycles. The second kappa shape index (κ2) is 8.79. The van der Waals surface area contributed by atoms with E-state index in [4.69, 9.17) is 14.1 Å². The SMILES string of the molecule is COC(=O)[C@]12CC[C@@H](C)[C@H](C)[C@H]1C1=CC[C@@H]3[C@@]4(C)CC[C@H](OS(N)(=O)=O)C(C)(C)[C@@H]4CC[C@@]3(C)[C@]1(C)CC2. The summed E-state index contributed by atoms with van der Waals surface area (Å²) in [6, 6.07) is 0. The van der Waals surface area contributed by atoms with Crippen LogP contribution in [0, 0.1) is 56.7 Å². The van der Waals surface area contributed by atoms with Crippen molar-refractivity contribution in [2.24, 2.45) is 61.8 Å². The Morgan fingerprint density at radius 3 is 2.26 bits per heavy atom. The molecule has 0 aromatic rings. The van der Waals surface area contributed by atoms with Gasteiger partial charge in [-0.15, -0.1) is 0 Å². The molecule has 0 aromatic heterocycles. The van der Waals surface area contributed by atoms with Crippen LogP contribution < -0.4 is 5.14 Å². The van der Waals surface area contributed by atoms with Crippen molar-refractivity contribution in [3.05, 3.63) is 11.6 Å². The number of carbonyl (C=O) groups excluding carboxylic acids is 1. The summed E-state index contributed by atoms with van der Waals surface area (Å²) in [6.45, 7) is 16.7. The second-order valence-electron chi connectivity index (χ2n) is 15.2. The van der Waals surface area contributed by atoms with Gasteiger partial charge in [-0.3, -0.25) is 8.98 Å². The first-order chi connectivity index (χ1) is 17.5. The van der Waals surface area contributed by atoms with Gasteiger partial charge in [0.2, 0.25) is 0 Å². The van der Waals surface area contributed by atoms with Crippen LogP contribution in [0.3, 0.4) is 0 Å². The molecule has 4 fully saturated rings. The van der Waals surface area contributed by atoms with Crippen molar-refractivity contribution in [1.82, 2.24) is 0 Å². The average molecular weight is 550 g/mol. The van der Waals surface area contributed by atoms with Crippen LogP contribution in [-0.4, -0.2) is 27.6 Å². The van der Waals surface area contributed by atoms with Crippen molar-refractivity contribution in [3.63, 3.8) is 0 Å². The zero-order valence-corrected chi connectivity index (χ0v) is 25.7. The number of esters is 1. The quantitative estimate of drug-likeness (QED) is 0.324. The first-order valence-corrected chi connectivity index (χ1v) is 16.4. The van der Waals surface area contributed by atoms with E-state index >= 15 is 0 Å². The maximum absolute atomic E-state index is 13.4. The zero-order valence-electron chi connectivity index (χ0n) is 24.9. The second-order valence-corrected chi connectivity index (χ2v) is 16.4. The highest BCUT2D eigenvalue weighted by atomic mass is 32.2. The lowest BCUT2D eigenvalue weighted by Crippen LogP contribution is -2.65. The van der Waals surface area contributed by atoms with Gasteiger partial charge >= 0.3 is 16.3 Å². The van der Waals surface area contributed by atoms with E-state index < -0.39 is 10.3 Å². The Bertz CT molecular complexity index is 1130. The van der Waals surface area contributed by atoms with Crippen LogP contribution in [-0.2, 0) is 24.0 Å². The van der Waals surface area contributed by atoms with E-state index in [1.54, 1.807) is 12.7 Å². The number of rotatable bonds is 3. The molecule has 5 aliphatic rings. The molecule has 38 heavy (non-hydrogen) atoms. The van der Waals surface area contributed by atoms with Crippen LogP contribution in [0.1, 0.15) is 106 Å². The Kier molecular flexibility index (Phi) is 6.61. The van der Waals surface area contributed by atoms with Crippen LogP contribution >= 0.6 is 0 Å². The molecule has 6 nitrogen and oxygen atoms in total. The topological polar surface area (TPSA) is 95.7 Å². The highest BCUT2D eigenvalue weighted by molar-refractivity contribution is 7.84. The Morgan fingerprint density at radius 1 is 0.947 bits per heavy atom. The number of ether oxygens (including phenoxy) is 1. The normalized spacial score (nSPS) is 50.0. The third-order valence-corrected chi connectivity index (χ3v) is 14.3. The standard InChI is InChI=1S/C31H51NO5S/c1-19-11-16-31(26(33)36-8)18-17-29(6)21(25(31)20(19)2)9-10-23-28(5)14-13-24(37-38(32,34)35)27(3,4)22(28)12-15-30(23,29)7/h9,19-20,22-25H,10-18H2,1-8H3,(H2,32,34,35)/t19-,20+,22+,23-,24+,25+,28+,29-,30-,31+/m1/s1. The van der Waals surface area contributed by atoms with E-state index in [2.05, 4.69) is 54.5 Å². The number of methoxy groups -OCH3 is 1. The molecule has 0 aromatic carbocycles. The highest BCUT2D eigenvalue weighted by Gasteiger charge is 2.69. The minimum Gasteiger partial charge on any atom is -0.469 e. The van der Waals surface area contributed by atoms with Gasteiger partial charge in [0.25, 0.3) is 0 Å². The summed E-state index contributed by atoms with van der Waals surface area (Å²) in [5, 5.41) is 5.33. The fraction of sp³-hybridized carbons (Fsp3) is 0.903. The third kappa shape index (κ3) is 3.69. The molecular weight excluding hydrogens is 498 g/mol. The maximum Gasteiger partial charge on any atom is 0.333 e. The maximum atomic E-state index is 13.4. The number of nitrogens with two attached hydrogens (primary N) is 1. The Hall–Kier alpha value is -0.920. The van der Waals surface area contributed by atoms with Gasteiger partial charge < -0.3 is 4.74 Å². The molecule has 10 atom stereocenters. The van der Waals surface area contributed by atoms with Gasteiger partial charge in [-0.05, 0) is 109 Å². The molecule has 5 aliphatic carbocycles. The van der Waals surface area contributed by atoms with Crippen LogP contribution in [0.5, 0.6) is 0 Å². The Morgan fingerprint density at radius 2 is 1.63 bits per heavy atom. The van der Waals surface area contributed by atoms with Crippen LogP contribution in [0.25, 0.3) is 0 Å². The molecule has 0 bridgehead atoms. The Balaban J connectivity index is 1.56. The predicted molar refractivity (Wildman–Crippen MR) is 149 cm³/mol. The van der Waals surface area contributed by atoms with Crippen molar-refractivity contribution < 1.29 is 22.1 Å². The molecule has 0 heterocycles. The van der Waals surface area contributed by atoms with Gasteiger partial charge in [0.1, 0.15) is 0 Å². The van der Waals surface area contributed by atoms with E-state index in [1.807, 2.05) is 0 Å². The molecule has 2 N–H and O–H groups in total. The molecule has 0 saturated heterocycles. The number of allylic oxidation sites excluding steroid dienone is 2. The molecule has 0 unspecified atom stereocenters. The molecule has 4 saturated carbocycles. The summed E-state index contributed by atoms with van der Waals surface area (Å²) in [5.74, 6) is 2.15. The van der Waals surface area contributed by atoms with Crippen molar-refractivity contribution >= 4 is 16.3 Å². The highest BCUT2D eigenvalue weighted by Crippen LogP contribution is 2.76. The molecule has 0 amide bonds. The van der Waals surface area contributed by atoms with Gasteiger partial charge in [-0.1, -0.05) is 60.1 Å². The van der Waals surface area contributed by atoms with E-state index in [0.717, 1.165) is 51.4 Å². The van der Waals surface area contributed by atoms with Crippen LogP contribution in [0.4, 0.5) is 0 Å². The monoisotopic (exact) mass is 549 g/mol. The molecule has 5 rings (SSSR count). The van der Waals surface area contributed by atoms with Gasteiger partial charge in [-0.25, -0.2) is 5.14 Å². The van der Waals surface area contributed by atoms with Crippen molar-refractivity contribution in [3.8, 4) is 0 Å². The minimum absolute atomic E-state index is 0.00192. The van der Waals surface area contributed by atoms with Gasteiger partial charge in [0.05, 0.1) is 18.6 Å². The van der Waals surface area contributed by atoms with Crippen molar-refractivity contribution in [2.45, 2.75) is 112 Å². The fourth-order valence-corrected chi connectivity index (χ4v) is 12.0.